The monoisotopic (exact) mass is 151 g/mol. The van der Waals surface area contributed by atoms with E-state index in [9.17, 15) is 4.79 Å². The summed E-state index contributed by atoms with van der Waals surface area (Å²) in [5, 5.41) is 10.8. The summed E-state index contributed by atoms with van der Waals surface area (Å²) in [6.45, 7) is 0.603. The number of likely N-dealkylation sites (N-methyl/N-ethyl adjacent to an activating group) is 1. The first-order valence-electron chi connectivity index (χ1n) is 2.31. The molecule has 0 unspecified atom stereocenters. The van der Waals surface area contributed by atoms with Gasteiger partial charge in [-0.1, -0.05) is 6.08 Å². The van der Waals surface area contributed by atoms with Gasteiger partial charge >= 0.3 is 5.97 Å². The molecule has 0 aliphatic rings. The van der Waals surface area contributed by atoms with Crippen molar-refractivity contribution in [1.29, 1.82) is 0 Å². The van der Waals surface area contributed by atoms with Crippen molar-refractivity contribution in [2.75, 3.05) is 13.6 Å². The Balaban J connectivity index is 0. The lowest BCUT2D eigenvalue weighted by Gasteiger charge is -1.83. The second-order valence-electron chi connectivity index (χ2n) is 1.30. The number of carboxylic acid groups (broad SMARTS) is 1. The zero-order chi connectivity index (χ0) is 6.41. The number of carboxylic acids is 1. The van der Waals surface area contributed by atoms with Gasteiger partial charge in [0, 0.05) is 12.6 Å². The fourth-order valence-corrected chi connectivity index (χ4v) is 0.278. The third-order valence-electron chi connectivity index (χ3n) is 0.582. The highest BCUT2D eigenvalue weighted by Crippen LogP contribution is 1.67. The van der Waals surface area contributed by atoms with Crippen molar-refractivity contribution in [2.24, 2.45) is 0 Å². The normalized spacial score (nSPS) is 9.00. The number of halogens is 1. The van der Waals surface area contributed by atoms with Gasteiger partial charge in [0.2, 0.25) is 0 Å². The minimum absolute atomic E-state index is 0. The van der Waals surface area contributed by atoms with Crippen LogP contribution in [0.5, 0.6) is 0 Å². The van der Waals surface area contributed by atoms with E-state index in [1.807, 2.05) is 0 Å². The molecule has 0 radical (unpaired) electrons. The van der Waals surface area contributed by atoms with Crippen LogP contribution in [0.25, 0.3) is 0 Å². The number of nitrogens with one attached hydrogen (secondary N) is 1. The minimum Gasteiger partial charge on any atom is -0.478 e. The second-order valence-corrected chi connectivity index (χ2v) is 1.30. The molecule has 0 aromatic carbocycles. The molecule has 0 saturated carbocycles. The third kappa shape index (κ3) is 11.2. The van der Waals surface area contributed by atoms with E-state index in [1.165, 1.54) is 0 Å². The van der Waals surface area contributed by atoms with E-state index in [2.05, 4.69) is 5.32 Å². The van der Waals surface area contributed by atoms with Gasteiger partial charge in [0.25, 0.3) is 0 Å². The molecule has 54 valence electrons. The molecule has 0 aromatic heterocycles. The van der Waals surface area contributed by atoms with E-state index in [4.69, 9.17) is 5.11 Å². The van der Waals surface area contributed by atoms with Gasteiger partial charge in [0.15, 0.2) is 0 Å². The Labute approximate surface area is 60.2 Å². The Morgan fingerprint density at radius 3 is 2.67 bits per heavy atom. The van der Waals surface area contributed by atoms with Crippen LogP contribution in [0.1, 0.15) is 0 Å². The summed E-state index contributed by atoms with van der Waals surface area (Å²) in [7, 11) is 1.76. The molecule has 0 aliphatic heterocycles. The predicted octanol–water partition coefficient (Wildman–Crippen LogP) is 0.268. The van der Waals surface area contributed by atoms with Crippen LogP contribution in [0.2, 0.25) is 0 Å². The Morgan fingerprint density at radius 2 is 2.33 bits per heavy atom. The van der Waals surface area contributed by atoms with Crippen molar-refractivity contribution in [3.8, 4) is 0 Å². The molecule has 0 atom stereocenters. The molecule has 0 spiro atoms. The highest BCUT2D eigenvalue weighted by atomic mass is 35.5. The summed E-state index contributed by atoms with van der Waals surface area (Å²) in [5.74, 6) is -0.903. The molecule has 0 aliphatic carbocycles. The molecule has 9 heavy (non-hydrogen) atoms. The maximum Gasteiger partial charge on any atom is 0.328 e. The molecule has 0 fully saturated rings. The molecule has 0 rings (SSSR count). The zero-order valence-corrected chi connectivity index (χ0v) is 5.94. The Bertz CT molecular complexity index is 103. The number of hydrogen-bond acceptors (Lipinski definition) is 2. The SMILES string of the molecule is CNC/C=C/C(=O)O.Cl. The predicted molar refractivity (Wildman–Crippen MR) is 38.0 cm³/mol. The second kappa shape index (κ2) is 7.46. The summed E-state index contributed by atoms with van der Waals surface area (Å²) >= 11 is 0. The lowest BCUT2D eigenvalue weighted by atomic mass is 10.5. The van der Waals surface area contributed by atoms with Gasteiger partial charge < -0.3 is 10.4 Å². The molecular weight excluding hydrogens is 142 g/mol. The molecule has 0 amide bonds. The lowest BCUT2D eigenvalue weighted by Crippen LogP contribution is -2.04. The fraction of sp³-hybridized carbons (Fsp3) is 0.400. The quantitative estimate of drug-likeness (QED) is 0.570. The van der Waals surface area contributed by atoms with E-state index in [1.54, 1.807) is 13.1 Å². The van der Waals surface area contributed by atoms with Crippen LogP contribution >= 0.6 is 12.4 Å². The molecule has 2 N–H and O–H groups in total. The van der Waals surface area contributed by atoms with Crippen LogP contribution in [0, 0.1) is 0 Å². The van der Waals surface area contributed by atoms with Crippen molar-refractivity contribution in [1.82, 2.24) is 5.32 Å². The van der Waals surface area contributed by atoms with Crippen molar-refractivity contribution < 1.29 is 9.90 Å². The molecule has 0 saturated heterocycles. The Kier molecular flexibility index (Phi) is 9.35. The summed E-state index contributed by atoms with van der Waals surface area (Å²) in [6, 6.07) is 0. The van der Waals surface area contributed by atoms with Crippen molar-refractivity contribution in [3.63, 3.8) is 0 Å². The van der Waals surface area contributed by atoms with Crippen LogP contribution in [-0.2, 0) is 4.79 Å². The first-order chi connectivity index (χ1) is 3.77. The summed E-state index contributed by atoms with van der Waals surface area (Å²) in [6.07, 6.45) is 2.65. The number of carbonyl (C=O) groups is 1. The van der Waals surface area contributed by atoms with Crippen LogP contribution in [0.4, 0.5) is 0 Å². The number of hydrogen-bond donors (Lipinski definition) is 2. The number of aliphatic carboxylic acids is 1. The molecule has 3 nitrogen and oxygen atoms in total. The van der Waals surface area contributed by atoms with Gasteiger partial charge in [-0.25, -0.2) is 4.79 Å². The van der Waals surface area contributed by atoms with Gasteiger partial charge in [-0.15, -0.1) is 12.4 Å². The maximum atomic E-state index is 9.76. The lowest BCUT2D eigenvalue weighted by molar-refractivity contribution is -0.131. The largest absolute Gasteiger partial charge is 0.478 e. The van der Waals surface area contributed by atoms with E-state index in [-0.39, 0.29) is 12.4 Å². The van der Waals surface area contributed by atoms with Gasteiger partial charge in [-0.2, -0.15) is 0 Å². The average molecular weight is 152 g/mol. The van der Waals surface area contributed by atoms with Crippen LogP contribution < -0.4 is 5.32 Å². The van der Waals surface area contributed by atoms with Gasteiger partial charge in [0.1, 0.15) is 0 Å². The third-order valence-corrected chi connectivity index (χ3v) is 0.582. The standard InChI is InChI=1S/C5H9NO2.ClH/c1-6-4-2-3-5(7)8;/h2-3,6H,4H2,1H3,(H,7,8);1H/b3-2+;. The summed E-state index contributed by atoms with van der Waals surface area (Å²) in [5.41, 5.74) is 0. The molecule has 0 aromatic rings. The van der Waals surface area contributed by atoms with Crippen LogP contribution in [-0.4, -0.2) is 24.7 Å². The van der Waals surface area contributed by atoms with Crippen LogP contribution in [0.15, 0.2) is 12.2 Å². The van der Waals surface area contributed by atoms with Gasteiger partial charge in [-0.3, -0.25) is 0 Å². The van der Waals surface area contributed by atoms with E-state index in [0.29, 0.717) is 6.54 Å². The zero-order valence-electron chi connectivity index (χ0n) is 5.13. The first kappa shape index (κ1) is 11.3. The highest BCUT2D eigenvalue weighted by molar-refractivity contribution is 5.85. The maximum absolute atomic E-state index is 9.76. The molecular formula is C5H10ClNO2. The summed E-state index contributed by atoms with van der Waals surface area (Å²) in [4.78, 5) is 9.76. The molecule has 4 heteroatoms. The first-order valence-corrected chi connectivity index (χ1v) is 2.31. The van der Waals surface area contributed by atoms with Gasteiger partial charge in [0.05, 0.1) is 0 Å². The highest BCUT2D eigenvalue weighted by Gasteiger charge is 1.80. The van der Waals surface area contributed by atoms with Crippen molar-refractivity contribution in [3.05, 3.63) is 12.2 Å². The minimum atomic E-state index is -0.903. The van der Waals surface area contributed by atoms with E-state index >= 15 is 0 Å². The summed E-state index contributed by atoms with van der Waals surface area (Å²) < 4.78 is 0. The smallest absolute Gasteiger partial charge is 0.328 e. The van der Waals surface area contributed by atoms with E-state index < -0.39 is 5.97 Å². The van der Waals surface area contributed by atoms with Crippen molar-refractivity contribution >= 4 is 18.4 Å². The van der Waals surface area contributed by atoms with Gasteiger partial charge in [-0.05, 0) is 7.05 Å². The van der Waals surface area contributed by atoms with E-state index in [0.717, 1.165) is 6.08 Å². The Hall–Kier alpha value is -0.540. The fourth-order valence-electron chi connectivity index (χ4n) is 0.278. The molecule has 0 bridgehead atoms. The van der Waals surface area contributed by atoms with Crippen LogP contribution in [0.3, 0.4) is 0 Å². The Morgan fingerprint density at radius 1 is 1.78 bits per heavy atom. The van der Waals surface area contributed by atoms with Crippen molar-refractivity contribution in [2.45, 2.75) is 0 Å². The average Bonchev–Trinajstić information content (AvgIpc) is 1.66. The topological polar surface area (TPSA) is 49.3 Å². The molecule has 0 heterocycles. The number of rotatable bonds is 3.